The molecule has 0 radical (unpaired) electrons. The number of hydrogen-bond acceptors (Lipinski definition) is 5. The van der Waals surface area contributed by atoms with Crippen LogP contribution in [0.15, 0.2) is 18.2 Å². The highest BCUT2D eigenvalue weighted by Gasteiger charge is 2.37. The Balaban J connectivity index is 1.71. The number of nitrogens with zero attached hydrogens (tertiary/aromatic N) is 2. The van der Waals surface area contributed by atoms with Crippen molar-refractivity contribution in [3.8, 4) is 11.5 Å². The highest BCUT2D eigenvalue weighted by molar-refractivity contribution is 7.89. The average molecular weight is 397 g/mol. The van der Waals surface area contributed by atoms with Crippen LogP contribution in [-0.4, -0.2) is 62.1 Å². The number of rotatable bonds is 6. The molecule has 3 rings (SSSR count). The Bertz CT molecular complexity index is 780. The lowest BCUT2D eigenvalue weighted by molar-refractivity contribution is -0.135. The summed E-state index contributed by atoms with van der Waals surface area (Å²) in [5, 5.41) is 0. The van der Waals surface area contributed by atoms with Crippen molar-refractivity contribution in [2.75, 3.05) is 32.6 Å². The summed E-state index contributed by atoms with van der Waals surface area (Å²) < 4.78 is 37.7. The maximum atomic E-state index is 13.0. The zero-order chi connectivity index (χ0) is 19.4. The molecule has 1 fully saturated rings. The molecule has 1 aromatic rings. The minimum absolute atomic E-state index is 0.0860. The van der Waals surface area contributed by atoms with Gasteiger partial charge in [-0.2, -0.15) is 4.31 Å². The van der Waals surface area contributed by atoms with Crippen LogP contribution >= 0.6 is 0 Å². The van der Waals surface area contributed by atoms with Crippen LogP contribution in [0.2, 0.25) is 0 Å². The summed E-state index contributed by atoms with van der Waals surface area (Å²) in [5.74, 6) is 1.33. The minimum atomic E-state index is -3.40. The van der Waals surface area contributed by atoms with Crippen LogP contribution in [0.5, 0.6) is 11.5 Å². The van der Waals surface area contributed by atoms with E-state index in [2.05, 4.69) is 0 Å². The Morgan fingerprint density at radius 2 is 1.96 bits per heavy atom. The van der Waals surface area contributed by atoms with Gasteiger partial charge < -0.3 is 14.4 Å². The van der Waals surface area contributed by atoms with Crippen molar-refractivity contribution >= 4 is 15.9 Å². The lowest BCUT2D eigenvalue weighted by atomic mass is 10.0. The van der Waals surface area contributed by atoms with Gasteiger partial charge in [-0.3, -0.25) is 4.79 Å². The number of piperidine rings is 1. The molecule has 1 amide bonds. The van der Waals surface area contributed by atoms with Gasteiger partial charge in [0.05, 0.1) is 5.75 Å². The lowest BCUT2D eigenvalue weighted by Crippen LogP contribution is -2.52. The quantitative estimate of drug-likeness (QED) is 0.735. The van der Waals surface area contributed by atoms with Gasteiger partial charge in [-0.05, 0) is 37.0 Å². The molecule has 0 N–H and O–H groups in total. The molecule has 7 nitrogen and oxygen atoms in total. The molecule has 2 heterocycles. The molecule has 2 aliphatic rings. The van der Waals surface area contributed by atoms with Gasteiger partial charge in [-0.1, -0.05) is 19.4 Å². The van der Waals surface area contributed by atoms with Gasteiger partial charge in [0.2, 0.25) is 15.9 Å². The second kappa shape index (κ2) is 8.48. The second-order valence-corrected chi connectivity index (χ2v) is 9.15. The van der Waals surface area contributed by atoms with Crippen LogP contribution in [0.3, 0.4) is 0 Å². The first-order chi connectivity index (χ1) is 12.9. The van der Waals surface area contributed by atoms with Crippen molar-refractivity contribution in [3.05, 3.63) is 23.8 Å². The van der Waals surface area contributed by atoms with E-state index < -0.39 is 16.1 Å². The predicted octanol–water partition coefficient (Wildman–Crippen LogP) is 2.01. The third kappa shape index (κ3) is 4.55. The van der Waals surface area contributed by atoms with E-state index in [-0.39, 0.29) is 11.7 Å². The van der Waals surface area contributed by atoms with Gasteiger partial charge in [0, 0.05) is 20.1 Å². The Hall–Kier alpha value is -1.80. The number of likely N-dealkylation sites (N-methyl/N-ethyl adjacent to an activating group) is 1. The fourth-order valence-electron chi connectivity index (χ4n) is 3.65. The van der Waals surface area contributed by atoms with Crippen LogP contribution in [0.1, 0.15) is 38.2 Å². The van der Waals surface area contributed by atoms with Gasteiger partial charge in [-0.25, -0.2) is 8.42 Å². The molecule has 1 unspecified atom stereocenters. The van der Waals surface area contributed by atoms with Crippen molar-refractivity contribution in [2.24, 2.45) is 0 Å². The summed E-state index contributed by atoms with van der Waals surface area (Å²) in [6.07, 6.45) is 2.80. The minimum Gasteiger partial charge on any atom is -0.486 e. The van der Waals surface area contributed by atoms with Crippen LogP contribution in [-0.2, 0) is 21.4 Å². The molecule has 0 saturated carbocycles. The van der Waals surface area contributed by atoms with E-state index in [1.807, 2.05) is 25.1 Å². The molecule has 0 aliphatic carbocycles. The zero-order valence-electron chi connectivity index (χ0n) is 16.0. The average Bonchev–Trinajstić information content (AvgIpc) is 2.67. The van der Waals surface area contributed by atoms with Crippen molar-refractivity contribution in [2.45, 2.75) is 45.2 Å². The Labute approximate surface area is 161 Å². The fourth-order valence-corrected chi connectivity index (χ4v) is 5.39. The Morgan fingerprint density at radius 1 is 1.22 bits per heavy atom. The SMILES string of the molecule is CCCS(=O)(=O)N1CCCCC1C(=O)N(C)Cc1ccc2c(c1)OCCO2. The van der Waals surface area contributed by atoms with Crippen LogP contribution in [0.25, 0.3) is 0 Å². The number of amides is 1. The van der Waals surface area contributed by atoms with Gasteiger partial charge in [0.25, 0.3) is 0 Å². The second-order valence-electron chi connectivity index (χ2n) is 7.11. The van der Waals surface area contributed by atoms with E-state index in [9.17, 15) is 13.2 Å². The first-order valence-electron chi connectivity index (χ1n) is 9.55. The van der Waals surface area contributed by atoms with Crippen LogP contribution in [0, 0.1) is 0 Å². The molecule has 2 aliphatic heterocycles. The van der Waals surface area contributed by atoms with Crippen molar-refractivity contribution in [1.29, 1.82) is 0 Å². The number of ether oxygens (including phenoxy) is 2. The van der Waals surface area contributed by atoms with Gasteiger partial charge >= 0.3 is 0 Å². The lowest BCUT2D eigenvalue weighted by Gasteiger charge is -2.35. The van der Waals surface area contributed by atoms with E-state index in [1.165, 1.54) is 4.31 Å². The number of carbonyl (C=O) groups excluding carboxylic acids is 1. The van der Waals surface area contributed by atoms with Gasteiger partial charge in [0.1, 0.15) is 19.3 Å². The van der Waals surface area contributed by atoms with E-state index in [1.54, 1.807) is 11.9 Å². The first-order valence-corrected chi connectivity index (χ1v) is 11.2. The third-order valence-corrected chi connectivity index (χ3v) is 7.04. The third-order valence-electron chi connectivity index (χ3n) is 4.96. The molecule has 0 bridgehead atoms. The molecule has 0 aromatic heterocycles. The topological polar surface area (TPSA) is 76.2 Å². The summed E-state index contributed by atoms with van der Waals surface area (Å²) in [5.41, 5.74) is 0.925. The zero-order valence-corrected chi connectivity index (χ0v) is 16.8. The number of carbonyl (C=O) groups is 1. The summed E-state index contributed by atoms with van der Waals surface area (Å²) in [4.78, 5) is 14.6. The maximum absolute atomic E-state index is 13.0. The summed E-state index contributed by atoms with van der Waals surface area (Å²) in [6, 6.07) is 5.03. The molecule has 1 atom stereocenters. The monoisotopic (exact) mass is 396 g/mol. The Morgan fingerprint density at radius 3 is 2.70 bits per heavy atom. The Kier molecular flexibility index (Phi) is 6.26. The van der Waals surface area contributed by atoms with Gasteiger partial charge in [0.15, 0.2) is 11.5 Å². The molecular weight excluding hydrogens is 368 g/mol. The van der Waals surface area contributed by atoms with Gasteiger partial charge in [-0.15, -0.1) is 0 Å². The normalized spacial score (nSPS) is 20.3. The van der Waals surface area contributed by atoms with Crippen LogP contribution < -0.4 is 9.47 Å². The predicted molar refractivity (Wildman–Crippen MR) is 102 cm³/mol. The molecule has 1 saturated heterocycles. The summed E-state index contributed by atoms with van der Waals surface area (Å²) >= 11 is 0. The standard InChI is InChI=1S/C19H28N2O5S/c1-3-12-27(23,24)21-9-5-4-6-16(21)19(22)20(2)14-15-7-8-17-18(13-15)26-11-10-25-17/h7-8,13,16H,3-6,9-12,14H2,1-2H3. The van der Waals surface area contributed by atoms with Crippen molar-refractivity contribution in [3.63, 3.8) is 0 Å². The highest BCUT2D eigenvalue weighted by Crippen LogP contribution is 2.31. The van der Waals surface area contributed by atoms with E-state index in [0.29, 0.717) is 50.6 Å². The first kappa shape index (κ1) is 19.9. The molecule has 150 valence electrons. The number of hydrogen-bond donors (Lipinski definition) is 0. The van der Waals surface area contributed by atoms with Crippen LogP contribution in [0.4, 0.5) is 0 Å². The largest absolute Gasteiger partial charge is 0.486 e. The molecular formula is C19H28N2O5S. The maximum Gasteiger partial charge on any atom is 0.241 e. The highest BCUT2D eigenvalue weighted by atomic mass is 32.2. The van der Waals surface area contributed by atoms with Crippen molar-refractivity contribution in [1.82, 2.24) is 9.21 Å². The smallest absolute Gasteiger partial charge is 0.241 e. The van der Waals surface area contributed by atoms with E-state index in [4.69, 9.17) is 9.47 Å². The molecule has 8 heteroatoms. The number of sulfonamides is 1. The molecule has 1 aromatic carbocycles. The summed E-state index contributed by atoms with van der Waals surface area (Å²) in [6.45, 7) is 3.71. The molecule has 0 spiro atoms. The van der Waals surface area contributed by atoms with Crippen molar-refractivity contribution < 1.29 is 22.7 Å². The molecule has 27 heavy (non-hydrogen) atoms. The van der Waals surface area contributed by atoms with E-state index >= 15 is 0 Å². The number of fused-ring (bicyclic) bond motifs is 1. The number of benzene rings is 1. The summed E-state index contributed by atoms with van der Waals surface area (Å²) in [7, 11) is -1.68. The van der Waals surface area contributed by atoms with E-state index in [0.717, 1.165) is 18.4 Å². The fraction of sp³-hybridized carbons (Fsp3) is 0.632.